The monoisotopic (exact) mass is 273 g/mol. The van der Waals surface area contributed by atoms with Crippen LogP contribution in [0.4, 0.5) is 5.69 Å². The van der Waals surface area contributed by atoms with Gasteiger partial charge in [-0.15, -0.1) is 4.68 Å². The predicted octanol–water partition coefficient (Wildman–Crippen LogP) is 2.74. The standard InChI is InChI=1S/C13H13N4OS/c1-10-12-7-8-16(13(12)15-9-14-10)17(18,19)11-5-3-2-4-6-11/h2-9,18-19H,1H3/q+1. The number of benzene rings is 1. The average molecular weight is 273 g/mol. The summed E-state index contributed by atoms with van der Waals surface area (Å²) < 4.78 is 0.864. The Balaban J connectivity index is 2.22. The van der Waals surface area contributed by atoms with Crippen LogP contribution in [-0.4, -0.2) is 19.9 Å². The number of thiol groups is 1. The van der Waals surface area contributed by atoms with E-state index in [0.717, 1.165) is 11.1 Å². The Labute approximate surface area is 115 Å². The summed E-state index contributed by atoms with van der Waals surface area (Å²) in [6.07, 6.45) is 3.22. The van der Waals surface area contributed by atoms with E-state index in [1.807, 2.05) is 31.2 Å². The summed E-state index contributed by atoms with van der Waals surface area (Å²) >= 11 is 4.34. The molecule has 1 aromatic carbocycles. The lowest BCUT2D eigenvalue weighted by molar-refractivity contribution is -0.0114. The van der Waals surface area contributed by atoms with Crippen LogP contribution in [0.1, 0.15) is 5.69 Å². The number of hydrogen-bond acceptors (Lipinski definition) is 4. The average Bonchev–Trinajstić information content (AvgIpc) is 2.86. The van der Waals surface area contributed by atoms with Crippen LogP contribution in [0.2, 0.25) is 0 Å². The summed E-state index contributed by atoms with van der Waals surface area (Å²) in [5.74, 6) is 0. The molecule has 0 spiro atoms. The van der Waals surface area contributed by atoms with E-state index in [2.05, 4.69) is 22.8 Å². The molecule has 0 bridgehead atoms. The SMILES string of the molecule is Cc1ncnc2c1ccn2[N+](O)(S)c1ccccc1. The summed E-state index contributed by atoms with van der Waals surface area (Å²) in [6, 6.07) is 11.0. The summed E-state index contributed by atoms with van der Waals surface area (Å²) in [5, 5.41) is 11.5. The molecule has 5 nitrogen and oxygen atoms in total. The molecular weight excluding hydrogens is 260 g/mol. The Morgan fingerprint density at radius 1 is 1.16 bits per heavy atom. The molecule has 0 amide bonds. The first-order valence-electron chi connectivity index (χ1n) is 5.80. The van der Waals surface area contributed by atoms with Gasteiger partial charge in [-0.2, -0.15) is 5.21 Å². The zero-order chi connectivity index (χ0) is 13.5. The largest absolute Gasteiger partial charge is 0.241 e. The van der Waals surface area contributed by atoms with Gasteiger partial charge >= 0.3 is 0 Å². The van der Waals surface area contributed by atoms with Crippen molar-refractivity contribution in [3.63, 3.8) is 0 Å². The maximum Gasteiger partial charge on any atom is 0.204 e. The van der Waals surface area contributed by atoms with Crippen molar-refractivity contribution in [3.8, 4) is 0 Å². The third kappa shape index (κ3) is 1.90. The lowest BCUT2D eigenvalue weighted by Crippen LogP contribution is -2.40. The van der Waals surface area contributed by atoms with Crippen molar-refractivity contribution >= 4 is 29.5 Å². The van der Waals surface area contributed by atoms with Crippen LogP contribution >= 0.6 is 12.8 Å². The van der Waals surface area contributed by atoms with Crippen LogP contribution in [0.3, 0.4) is 0 Å². The van der Waals surface area contributed by atoms with Gasteiger partial charge in [0, 0.05) is 21.7 Å². The van der Waals surface area contributed by atoms with Gasteiger partial charge in [0.1, 0.15) is 19.1 Å². The number of hydrogen-bond donors (Lipinski definition) is 2. The van der Waals surface area contributed by atoms with E-state index in [-0.39, 0.29) is 0 Å². The second-order valence-corrected chi connectivity index (χ2v) is 4.82. The first kappa shape index (κ1) is 12.2. The van der Waals surface area contributed by atoms with Gasteiger partial charge in [0.25, 0.3) is 0 Å². The lowest BCUT2D eigenvalue weighted by Gasteiger charge is -2.22. The third-order valence-electron chi connectivity index (χ3n) is 3.06. The van der Waals surface area contributed by atoms with Gasteiger partial charge in [0.05, 0.1) is 11.9 Å². The highest BCUT2D eigenvalue weighted by Crippen LogP contribution is 2.28. The van der Waals surface area contributed by atoms with Crippen LogP contribution in [0.25, 0.3) is 11.0 Å². The molecule has 0 saturated carbocycles. The molecule has 1 N–H and O–H groups in total. The van der Waals surface area contributed by atoms with E-state index in [0.29, 0.717) is 11.3 Å². The van der Waals surface area contributed by atoms with Crippen LogP contribution in [0.5, 0.6) is 0 Å². The van der Waals surface area contributed by atoms with Crippen molar-refractivity contribution in [2.75, 3.05) is 0 Å². The lowest BCUT2D eigenvalue weighted by atomic mass is 10.3. The van der Waals surface area contributed by atoms with E-state index in [1.165, 1.54) is 6.33 Å². The molecule has 0 radical (unpaired) electrons. The van der Waals surface area contributed by atoms with Gasteiger partial charge in [-0.1, -0.05) is 18.2 Å². The first-order valence-corrected chi connectivity index (χ1v) is 6.20. The number of aromatic nitrogens is 3. The minimum atomic E-state index is -0.708. The summed E-state index contributed by atoms with van der Waals surface area (Å²) in [5.41, 5.74) is 2.12. The molecule has 0 aliphatic rings. The molecule has 1 unspecified atom stereocenters. The van der Waals surface area contributed by atoms with Crippen molar-refractivity contribution in [2.24, 2.45) is 0 Å². The number of para-hydroxylation sites is 1. The first-order chi connectivity index (χ1) is 9.10. The van der Waals surface area contributed by atoms with E-state index < -0.39 is 4.16 Å². The molecule has 2 aromatic heterocycles. The summed E-state index contributed by atoms with van der Waals surface area (Å²) in [6.45, 7) is 1.90. The van der Waals surface area contributed by atoms with Gasteiger partial charge in [-0.25, -0.2) is 9.97 Å². The molecule has 3 aromatic rings. The molecule has 0 saturated heterocycles. The predicted molar refractivity (Wildman–Crippen MR) is 76.7 cm³/mol. The van der Waals surface area contributed by atoms with Crippen molar-refractivity contribution in [2.45, 2.75) is 6.92 Å². The Hall–Kier alpha value is -1.89. The second kappa shape index (κ2) is 4.34. The molecule has 1 atom stereocenters. The van der Waals surface area contributed by atoms with E-state index in [1.54, 1.807) is 23.0 Å². The van der Waals surface area contributed by atoms with Gasteiger partial charge < -0.3 is 0 Å². The fourth-order valence-corrected chi connectivity index (χ4v) is 2.32. The van der Waals surface area contributed by atoms with Crippen LogP contribution in [0.15, 0.2) is 48.9 Å². The van der Waals surface area contributed by atoms with E-state index in [9.17, 15) is 5.21 Å². The zero-order valence-electron chi connectivity index (χ0n) is 10.3. The molecule has 0 aliphatic heterocycles. The highest BCUT2D eigenvalue weighted by molar-refractivity contribution is 7.79. The number of rotatable bonds is 2. The minimum absolute atomic E-state index is 0.625. The maximum atomic E-state index is 10.6. The van der Waals surface area contributed by atoms with Crippen LogP contribution < -0.4 is 4.16 Å². The highest BCUT2D eigenvalue weighted by Gasteiger charge is 2.30. The fourth-order valence-electron chi connectivity index (χ4n) is 2.04. The van der Waals surface area contributed by atoms with Gasteiger partial charge in [0.2, 0.25) is 5.69 Å². The van der Waals surface area contributed by atoms with Crippen molar-refractivity contribution in [3.05, 3.63) is 54.6 Å². The Kier molecular flexibility index (Phi) is 2.78. The topological polar surface area (TPSA) is 50.9 Å². The molecule has 96 valence electrons. The van der Waals surface area contributed by atoms with E-state index >= 15 is 0 Å². The maximum absolute atomic E-state index is 10.6. The number of nitrogens with zero attached hydrogens (tertiary/aromatic N) is 4. The Morgan fingerprint density at radius 3 is 2.63 bits per heavy atom. The summed E-state index contributed by atoms with van der Waals surface area (Å²) in [7, 11) is 0. The Bertz CT molecular complexity index is 724. The number of fused-ring (bicyclic) bond motifs is 1. The third-order valence-corrected chi connectivity index (χ3v) is 3.49. The fraction of sp³-hybridized carbons (Fsp3) is 0.0769. The van der Waals surface area contributed by atoms with Crippen LogP contribution in [0, 0.1) is 6.92 Å². The van der Waals surface area contributed by atoms with Gasteiger partial charge in [-0.3, -0.25) is 0 Å². The number of quaternary nitrogens is 1. The zero-order valence-corrected chi connectivity index (χ0v) is 11.2. The van der Waals surface area contributed by atoms with E-state index in [4.69, 9.17) is 0 Å². The van der Waals surface area contributed by atoms with Gasteiger partial charge in [-0.05, 0) is 13.0 Å². The Morgan fingerprint density at radius 2 is 1.89 bits per heavy atom. The summed E-state index contributed by atoms with van der Waals surface area (Å²) in [4.78, 5) is 8.36. The van der Waals surface area contributed by atoms with Crippen molar-refractivity contribution < 1.29 is 5.21 Å². The highest BCUT2D eigenvalue weighted by atomic mass is 32.1. The smallest absolute Gasteiger partial charge is 0.204 e. The van der Waals surface area contributed by atoms with Crippen molar-refractivity contribution in [1.82, 2.24) is 18.8 Å². The molecule has 0 aliphatic carbocycles. The minimum Gasteiger partial charge on any atom is -0.241 e. The normalized spacial score (nSPS) is 14.5. The quantitative estimate of drug-likeness (QED) is 0.429. The van der Waals surface area contributed by atoms with Crippen LogP contribution in [-0.2, 0) is 0 Å². The van der Waals surface area contributed by atoms with Gasteiger partial charge in [0.15, 0.2) is 5.65 Å². The molecule has 2 heterocycles. The molecule has 19 heavy (non-hydrogen) atoms. The molecule has 0 fully saturated rings. The second-order valence-electron chi connectivity index (χ2n) is 4.26. The number of aryl methyl sites for hydroxylation is 1. The van der Waals surface area contributed by atoms with Crippen molar-refractivity contribution in [1.29, 1.82) is 0 Å². The molecule has 3 rings (SSSR count). The molecular formula is C13H13N4OS+. The molecule has 6 heteroatoms.